The van der Waals surface area contributed by atoms with E-state index in [1.807, 2.05) is 84.9 Å². The largest absolute Gasteiger partial charge is 0.455 e. The molecule has 0 radical (unpaired) electrons. The maximum Gasteiger partial charge on any atom is 0.313 e. The number of allylic oxidation sites excluding steroid dienone is 1. The maximum absolute atomic E-state index is 15.3. The van der Waals surface area contributed by atoms with Gasteiger partial charge in [-0.15, -0.1) is 13.2 Å². The monoisotopic (exact) mass is 840 g/mol. The lowest BCUT2D eigenvalue weighted by molar-refractivity contribution is -0.160. The fourth-order valence-electron chi connectivity index (χ4n) is 8.82. The zero-order valence-electron chi connectivity index (χ0n) is 32.7. The van der Waals surface area contributed by atoms with Crippen molar-refractivity contribution in [3.8, 4) is 0 Å². The fourth-order valence-corrected chi connectivity index (χ4v) is 9.76. The Kier molecular flexibility index (Phi) is 13.7. The molecule has 3 amide bonds. The number of carbonyl (C=O) groups is 4. The van der Waals surface area contributed by atoms with Gasteiger partial charge >= 0.3 is 5.97 Å². The van der Waals surface area contributed by atoms with Crippen LogP contribution >= 0.6 is 15.9 Å². The Morgan fingerprint density at radius 2 is 1.65 bits per heavy atom. The highest BCUT2D eigenvalue weighted by Crippen LogP contribution is 2.61. The number of benzene rings is 3. The van der Waals surface area contributed by atoms with Crippen molar-refractivity contribution < 1.29 is 33.8 Å². The van der Waals surface area contributed by atoms with Gasteiger partial charge in [-0.1, -0.05) is 88.7 Å². The van der Waals surface area contributed by atoms with Gasteiger partial charge in [0.1, 0.15) is 17.7 Å². The topological polar surface area (TPSA) is 129 Å². The minimum atomic E-state index is -1.41. The summed E-state index contributed by atoms with van der Waals surface area (Å²) in [7, 11) is 0. The number of hydrogen-bond donors (Lipinski definition) is 2. The van der Waals surface area contributed by atoms with E-state index in [-0.39, 0.29) is 43.1 Å². The van der Waals surface area contributed by atoms with Crippen LogP contribution in [0.25, 0.3) is 0 Å². The number of aliphatic hydroxyl groups excluding tert-OH is 1. The predicted octanol–water partition coefficient (Wildman–Crippen LogP) is 5.77. The van der Waals surface area contributed by atoms with Gasteiger partial charge in [0.25, 0.3) is 5.91 Å². The lowest BCUT2D eigenvalue weighted by Gasteiger charge is -2.39. The van der Waals surface area contributed by atoms with E-state index < -0.39 is 66.1 Å². The number of fused-ring (bicyclic) bond motifs is 1. The second-order valence-corrected chi connectivity index (χ2v) is 16.0. The molecule has 3 aliphatic rings. The van der Waals surface area contributed by atoms with Gasteiger partial charge in [-0.25, -0.2) is 0 Å². The van der Waals surface area contributed by atoms with Crippen molar-refractivity contribution in [2.24, 2.45) is 11.8 Å². The first-order valence-corrected chi connectivity index (χ1v) is 20.7. The number of nitrogens with one attached hydrogen (secondary N) is 1. The Balaban J connectivity index is 1.38. The van der Waals surface area contributed by atoms with Gasteiger partial charge in [0.15, 0.2) is 0 Å². The highest BCUT2D eigenvalue weighted by Gasteiger charge is 2.77. The van der Waals surface area contributed by atoms with Crippen molar-refractivity contribution in [1.29, 1.82) is 0 Å². The quantitative estimate of drug-likeness (QED) is 0.0886. The fraction of sp³-hybridized carbons (Fsp3) is 0.422. The number of halogens is 1. The number of carbonyl (C=O) groups excluding carboxylic acids is 4. The third kappa shape index (κ3) is 8.44. The average Bonchev–Trinajstić information content (AvgIpc) is 3.84. The molecule has 6 rings (SSSR count). The number of nitrogens with zero attached hydrogens (tertiary/aromatic N) is 3. The SMILES string of the molecule is C=CCCC(=O)NC[C@H](OC(=O)[C@H]1[C@@H]2O[C@@]3(CC2Br)[C@@H]1C(=O)N([C@@H](CO)Cc1ccccc1)[C@@H]3C(=O)N(CC=C)c1ccc(N(CC)CC)cc1)c1ccccc1. The molecule has 3 aromatic carbocycles. The summed E-state index contributed by atoms with van der Waals surface area (Å²) >= 11 is 3.77. The van der Waals surface area contributed by atoms with Gasteiger partial charge < -0.3 is 34.6 Å². The number of likely N-dealkylation sites (tertiary alicyclic amines) is 1. The predicted molar refractivity (Wildman–Crippen MR) is 224 cm³/mol. The maximum atomic E-state index is 15.3. The van der Waals surface area contributed by atoms with Crippen LogP contribution in [0.5, 0.6) is 0 Å². The molecular weight excluding hydrogens is 788 g/mol. The van der Waals surface area contributed by atoms with Gasteiger partial charge in [0, 0.05) is 42.3 Å². The van der Waals surface area contributed by atoms with E-state index in [2.05, 4.69) is 53.2 Å². The highest BCUT2D eigenvalue weighted by molar-refractivity contribution is 9.09. The number of ether oxygens (including phenoxy) is 2. The molecule has 3 fully saturated rings. The summed E-state index contributed by atoms with van der Waals surface area (Å²) in [4.78, 5) is 62.6. The average molecular weight is 842 g/mol. The number of rotatable bonds is 19. The summed E-state index contributed by atoms with van der Waals surface area (Å²) in [6.45, 7) is 13.2. The number of hydrogen-bond acceptors (Lipinski definition) is 8. The Labute approximate surface area is 343 Å². The summed E-state index contributed by atoms with van der Waals surface area (Å²) < 4.78 is 13.1. The second-order valence-electron chi connectivity index (χ2n) is 14.8. The van der Waals surface area contributed by atoms with E-state index in [9.17, 15) is 14.7 Å². The zero-order valence-corrected chi connectivity index (χ0v) is 34.3. The number of amides is 3. The summed E-state index contributed by atoms with van der Waals surface area (Å²) in [5.41, 5.74) is 1.77. The smallest absolute Gasteiger partial charge is 0.313 e. The summed E-state index contributed by atoms with van der Waals surface area (Å²) in [5, 5.41) is 13.9. The summed E-state index contributed by atoms with van der Waals surface area (Å²) in [5.74, 6) is -3.86. The Morgan fingerprint density at radius 1 is 1.00 bits per heavy atom. The van der Waals surface area contributed by atoms with Crippen LogP contribution in [0.3, 0.4) is 0 Å². The van der Waals surface area contributed by atoms with E-state index in [1.54, 1.807) is 17.1 Å². The first-order valence-electron chi connectivity index (χ1n) is 19.8. The lowest BCUT2D eigenvalue weighted by Crippen LogP contribution is -2.59. The van der Waals surface area contributed by atoms with Crippen molar-refractivity contribution in [1.82, 2.24) is 10.2 Å². The molecule has 3 aromatic rings. The summed E-state index contributed by atoms with van der Waals surface area (Å²) in [6.07, 6.45) is 2.97. The van der Waals surface area contributed by atoms with Crippen LogP contribution in [0.15, 0.2) is 110 Å². The van der Waals surface area contributed by atoms with Crippen molar-refractivity contribution in [2.75, 3.05) is 42.6 Å². The molecule has 1 unspecified atom stereocenters. The van der Waals surface area contributed by atoms with E-state index in [0.717, 1.165) is 24.3 Å². The molecule has 3 heterocycles. The van der Waals surface area contributed by atoms with Crippen molar-refractivity contribution in [3.05, 3.63) is 121 Å². The lowest BCUT2D eigenvalue weighted by atomic mass is 9.70. The molecule has 0 aromatic heterocycles. The van der Waals surface area contributed by atoms with E-state index in [1.165, 1.54) is 4.90 Å². The standard InChI is InChI=1S/C45H53BrN4O7/c1-5-9-20-37(52)47-28-36(31-18-14-11-15-19-31)56-44(55)38-39-42(53)50(34(29-51)26-30-16-12-10-13-17-30)41(45(39)27-35(46)40(38)57-45)43(54)49(25-6-2)33-23-21-32(22-24-33)48(7-3)8-4/h5-6,10-19,21-24,34-36,38-41,51H,1-2,7-9,20,25-29H2,3-4H3,(H,47,52)/t34-,35?,36+,38-,39+,40-,41-,45+/m1/s1. The van der Waals surface area contributed by atoms with Gasteiger partial charge in [-0.05, 0) is 68.5 Å². The Hall–Kier alpha value is -4.78. The van der Waals surface area contributed by atoms with Crippen LogP contribution in [0.4, 0.5) is 11.4 Å². The molecule has 11 nitrogen and oxygen atoms in total. The molecule has 0 saturated carbocycles. The first-order chi connectivity index (χ1) is 27.6. The Bertz CT molecular complexity index is 1890. The molecule has 3 saturated heterocycles. The highest BCUT2D eigenvalue weighted by atomic mass is 79.9. The van der Waals surface area contributed by atoms with Crippen molar-refractivity contribution >= 4 is 51.0 Å². The number of alkyl halides is 1. The van der Waals surface area contributed by atoms with Crippen LogP contribution in [0.1, 0.15) is 50.3 Å². The molecule has 0 aliphatic carbocycles. The number of anilines is 2. The second kappa shape index (κ2) is 18.7. The van der Waals surface area contributed by atoms with Crippen LogP contribution in [-0.2, 0) is 35.1 Å². The zero-order chi connectivity index (χ0) is 40.7. The Morgan fingerprint density at radius 3 is 2.26 bits per heavy atom. The minimum absolute atomic E-state index is 0.0198. The minimum Gasteiger partial charge on any atom is -0.455 e. The number of aliphatic hydroxyl groups is 1. The van der Waals surface area contributed by atoms with E-state index >= 15 is 9.59 Å². The molecule has 2 N–H and O–H groups in total. The van der Waals surface area contributed by atoms with Gasteiger partial charge in [0.05, 0.1) is 37.1 Å². The van der Waals surface area contributed by atoms with Crippen LogP contribution in [0.2, 0.25) is 0 Å². The molecular formula is C45H53BrN4O7. The van der Waals surface area contributed by atoms with Crippen molar-refractivity contribution in [2.45, 2.75) is 74.3 Å². The third-order valence-corrected chi connectivity index (χ3v) is 12.4. The van der Waals surface area contributed by atoms with Gasteiger partial charge in [-0.3, -0.25) is 19.2 Å². The van der Waals surface area contributed by atoms with Gasteiger partial charge in [-0.2, -0.15) is 0 Å². The van der Waals surface area contributed by atoms with E-state index in [4.69, 9.17) is 9.47 Å². The van der Waals surface area contributed by atoms with E-state index in [0.29, 0.717) is 17.7 Å². The van der Waals surface area contributed by atoms with Crippen LogP contribution in [0, 0.1) is 11.8 Å². The molecule has 1 spiro atoms. The molecule has 2 bridgehead atoms. The molecule has 302 valence electrons. The number of esters is 1. The first kappa shape index (κ1) is 41.8. The van der Waals surface area contributed by atoms with Gasteiger partial charge in [0.2, 0.25) is 11.8 Å². The summed E-state index contributed by atoms with van der Waals surface area (Å²) in [6, 6.07) is 24.3. The molecule has 8 atom stereocenters. The molecule has 57 heavy (non-hydrogen) atoms. The molecule has 3 aliphatic heterocycles. The molecule has 12 heteroatoms. The van der Waals surface area contributed by atoms with Crippen LogP contribution < -0.4 is 15.1 Å². The normalized spacial score (nSPS) is 24.3. The van der Waals surface area contributed by atoms with Crippen molar-refractivity contribution in [3.63, 3.8) is 0 Å². The van der Waals surface area contributed by atoms with Crippen LogP contribution in [-0.4, -0.2) is 95.1 Å². The third-order valence-electron chi connectivity index (χ3n) is 11.5.